The normalized spacial score (nSPS) is 17.0. The molecule has 1 N–H and O–H groups in total. The van der Waals surface area contributed by atoms with Crippen LogP contribution in [0, 0.1) is 0 Å². The van der Waals surface area contributed by atoms with Crippen molar-refractivity contribution in [3.05, 3.63) is 26.2 Å². The number of carbonyl (C=O) groups excluding carboxylic acids is 1. The summed E-state index contributed by atoms with van der Waals surface area (Å²) in [5, 5.41) is 3.58. The van der Waals surface area contributed by atoms with Crippen molar-refractivity contribution in [2.24, 2.45) is 0 Å². The molecule has 0 radical (unpaired) electrons. The van der Waals surface area contributed by atoms with Crippen molar-refractivity contribution in [3.8, 4) is 0 Å². The van der Waals surface area contributed by atoms with Crippen LogP contribution in [-0.2, 0) is 4.79 Å². The summed E-state index contributed by atoms with van der Waals surface area (Å²) in [6.07, 6.45) is 0. The molecule has 0 aliphatic carbocycles. The molecule has 116 valence electrons. The highest BCUT2D eigenvalue weighted by Crippen LogP contribution is 2.40. The smallest absolute Gasteiger partial charge is 0.238 e. The predicted molar refractivity (Wildman–Crippen MR) is 89.0 cm³/mol. The lowest BCUT2D eigenvalue weighted by molar-refractivity contribution is -0.117. The van der Waals surface area contributed by atoms with E-state index in [1.165, 1.54) is 6.07 Å². The third-order valence-corrected chi connectivity index (χ3v) is 4.91. The molecule has 1 aromatic rings. The molecule has 0 aromatic heterocycles. The molecule has 1 saturated heterocycles. The molecule has 1 fully saturated rings. The second-order valence-electron chi connectivity index (χ2n) is 4.97. The van der Waals surface area contributed by atoms with Gasteiger partial charge < -0.3 is 10.2 Å². The summed E-state index contributed by atoms with van der Waals surface area (Å²) in [5.74, 6) is -0.193. The van der Waals surface area contributed by atoms with E-state index in [9.17, 15) is 4.79 Å². The summed E-state index contributed by atoms with van der Waals surface area (Å²) in [6.45, 7) is 3.86. The zero-order valence-corrected chi connectivity index (χ0v) is 14.5. The fraction of sp³-hybridized carbons (Fsp3) is 0.462. The Morgan fingerprint density at radius 2 is 1.62 bits per heavy atom. The second-order valence-corrected chi connectivity index (χ2v) is 6.54. The maximum atomic E-state index is 12.1. The molecule has 21 heavy (non-hydrogen) atoms. The first-order valence-electron chi connectivity index (χ1n) is 6.42. The van der Waals surface area contributed by atoms with Crippen molar-refractivity contribution in [2.75, 3.05) is 45.1 Å². The highest BCUT2D eigenvalue weighted by molar-refractivity contribution is 6.50. The Morgan fingerprint density at radius 1 is 1.10 bits per heavy atom. The zero-order chi connectivity index (χ0) is 15.6. The van der Waals surface area contributed by atoms with Crippen molar-refractivity contribution >= 4 is 58.0 Å². The number of halogens is 4. The Balaban J connectivity index is 2.03. The van der Waals surface area contributed by atoms with Crippen molar-refractivity contribution in [1.82, 2.24) is 9.80 Å². The number of hydrogen-bond donors (Lipinski definition) is 1. The van der Waals surface area contributed by atoms with Crippen LogP contribution >= 0.6 is 46.4 Å². The molecule has 0 unspecified atom stereocenters. The van der Waals surface area contributed by atoms with E-state index in [-0.39, 0.29) is 38.2 Å². The summed E-state index contributed by atoms with van der Waals surface area (Å²) in [4.78, 5) is 16.4. The third-order valence-electron chi connectivity index (χ3n) is 3.34. The van der Waals surface area contributed by atoms with Crippen LogP contribution in [0.1, 0.15) is 0 Å². The van der Waals surface area contributed by atoms with Gasteiger partial charge in [0.25, 0.3) is 0 Å². The molecule has 8 heteroatoms. The lowest BCUT2D eigenvalue weighted by atomic mass is 10.3. The van der Waals surface area contributed by atoms with Gasteiger partial charge >= 0.3 is 0 Å². The molecule has 1 aliphatic heterocycles. The molecule has 0 bridgehead atoms. The summed E-state index contributed by atoms with van der Waals surface area (Å²) in [5.41, 5.74) is 0.259. The average Bonchev–Trinajstić information content (AvgIpc) is 2.44. The van der Waals surface area contributed by atoms with E-state index in [0.29, 0.717) is 0 Å². The van der Waals surface area contributed by atoms with E-state index in [1.807, 2.05) is 0 Å². The van der Waals surface area contributed by atoms with Crippen LogP contribution < -0.4 is 5.32 Å². The highest BCUT2D eigenvalue weighted by atomic mass is 35.5. The molecule has 1 aromatic carbocycles. The number of nitrogens with one attached hydrogen (secondary N) is 1. The van der Waals surface area contributed by atoms with Crippen LogP contribution in [0.25, 0.3) is 0 Å². The number of rotatable bonds is 3. The van der Waals surface area contributed by atoms with Crippen LogP contribution in [0.4, 0.5) is 5.69 Å². The number of likely N-dealkylation sites (N-methyl/N-ethyl adjacent to an activating group) is 1. The van der Waals surface area contributed by atoms with Gasteiger partial charge in [0.05, 0.1) is 32.3 Å². The van der Waals surface area contributed by atoms with Gasteiger partial charge in [-0.3, -0.25) is 9.69 Å². The fourth-order valence-corrected chi connectivity index (χ4v) is 2.97. The quantitative estimate of drug-likeness (QED) is 0.827. The fourth-order valence-electron chi connectivity index (χ4n) is 2.07. The number of amides is 1. The first kappa shape index (κ1) is 17.1. The molecular formula is C13H15Cl4N3O. The third kappa shape index (κ3) is 4.38. The van der Waals surface area contributed by atoms with Crippen LogP contribution in [-0.4, -0.2) is 55.5 Å². The van der Waals surface area contributed by atoms with Gasteiger partial charge in [0.1, 0.15) is 0 Å². The summed E-state index contributed by atoms with van der Waals surface area (Å²) in [6, 6.07) is 1.45. The zero-order valence-electron chi connectivity index (χ0n) is 11.4. The topological polar surface area (TPSA) is 35.6 Å². The lowest BCUT2D eigenvalue weighted by Gasteiger charge is -2.31. The van der Waals surface area contributed by atoms with Gasteiger partial charge in [-0.25, -0.2) is 0 Å². The second kappa shape index (κ2) is 7.36. The first-order chi connectivity index (χ1) is 9.88. The molecule has 0 atom stereocenters. The number of anilines is 1. The minimum absolute atomic E-state index is 0.192. The SMILES string of the molecule is CN1CCN(CC(=O)Nc2c(Cl)c(Cl)cc(Cl)c2Cl)CC1. The van der Waals surface area contributed by atoms with Crippen molar-refractivity contribution < 1.29 is 4.79 Å². The minimum Gasteiger partial charge on any atom is -0.322 e. The van der Waals surface area contributed by atoms with E-state index in [4.69, 9.17) is 46.4 Å². The van der Waals surface area contributed by atoms with Gasteiger partial charge in [0, 0.05) is 26.2 Å². The number of carbonyl (C=O) groups is 1. The summed E-state index contributed by atoms with van der Waals surface area (Å²) >= 11 is 24.0. The minimum atomic E-state index is -0.193. The monoisotopic (exact) mass is 369 g/mol. The maximum absolute atomic E-state index is 12.1. The maximum Gasteiger partial charge on any atom is 0.238 e. The van der Waals surface area contributed by atoms with Crippen molar-refractivity contribution in [3.63, 3.8) is 0 Å². The Hall–Kier alpha value is -0.230. The summed E-state index contributed by atoms with van der Waals surface area (Å²) < 4.78 is 0. The first-order valence-corrected chi connectivity index (χ1v) is 7.93. The number of benzene rings is 1. The average molecular weight is 371 g/mol. The molecule has 0 saturated carbocycles. The molecular weight excluding hydrogens is 356 g/mol. The molecule has 1 heterocycles. The summed E-state index contributed by atoms with van der Waals surface area (Å²) in [7, 11) is 2.06. The standard InChI is InChI=1S/C13H15Cl4N3O/c1-19-2-4-20(5-3-19)7-10(21)18-13-11(16)8(14)6-9(15)12(13)17/h6H,2-5,7H2,1H3,(H,18,21). The van der Waals surface area contributed by atoms with Crippen molar-refractivity contribution in [1.29, 1.82) is 0 Å². The van der Waals surface area contributed by atoms with Gasteiger partial charge in [-0.15, -0.1) is 0 Å². The molecule has 1 amide bonds. The van der Waals surface area contributed by atoms with E-state index >= 15 is 0 Å². The van der Waals surface area contributed by atoms with E-state index in [1.54, 1.807) is 0 Å². The lowest BCUT2D eigenvalue weighted by Crippen LogP contribution is -2.47. The molecule has 2 rings (SSSR count). The van der Waals surface area contributed by atoms with Gasteiger partial charge in [-0.2, -0.15) is 0 Å². The number of hydrogen-bond acceptors (Lipinski definition) is 3. The Bertz CT molecular complexity index is 518. The van der Waals surface area contributed by atoms with Crippen LogP contribution in [0.15, 0.2) is 6.07 Å². The Labute approximate surface area is 143 Å². The van der Waals surface area contributed by atoms with Crippen LogP contribution in [0.3, 0.4) is 0 Å². The number of piperazine rings is 1. The van der Waals surface area contributed by atoms with Gasteiger partial charge in [-0.05, 0) is 13.1 Å². The largest absolute Gasteiger partial charge is 0.322 e. The Morgan fingerprint density at radius 3 is 2.14 bits per heavy atom. The van der Waals surface area contributed by atoms with E-state index in [0.717, 1.165) is 26.2 Å². The van der Waals surface area contributed by atoms with Crippen LogP contribution in [0.5, 0.6) is 0 Å². The van der Waals surface area contributed by atoms with Gasteiger partial charge in [0.15, 0.2) is 0 Å². The highest BCUT2D eigenvalue weighted by Gasteiger charge is 2.19. The van der Waals surface area contributed by atoms with E-state index < -0.39 is 0 Å². The predicted octanol–water partition coefficient (Wildman–Crippen LogP) is 3.49. The molecule has 4 nitrogen and oxygen atoms in total. The van der Waals surface area contributed by atoms with E-state index in [2.05, 4.69) is 22.2 Å². The molecule has 1 aliphatic rings. The van der Waals surface area contributed by atoms with Gasteiger partial charge in [0.2, 0.25) is 5.91 Å². The van der Waals surface area contributed by atoms with Crippen LogP contribution in [0.2, 0.25) is 20.1 Å². The van der Waals surface area contributed by atoms with Crippen molar-refractivity contribution in [2.45, 2.75) is 0 Å². The number of nitrogens with zero attached hydrogens (tertiary/aromatic N) is 2. The Kier molecular flexibility index (Phi) is 6.00. The van der Waals surface area contributed by atoms with Gasteiger partial charge in [-0.1, -0.05) is 46.4 Å². The molecule has 0 spiro atoms.